The van der Waals surface area contributed by atoms with Crippen molar-refractivity contribution in [1.82, 2.24) is 16.0 Å². The van der Waals surface area contributed by atoms with Crippen molar-refractivity contribution in [1.29, 1.82) is 0 Å². The summed E-state index contributed by atoms with van der Waals surface area (Å²) in [5.74, 6) is -6.56. The number of Topliss-reactive ketones (excluding diaryl/α,β-unsaturated/α-hetero) is 1. The Balaban J connectivity index is 1.75. The van der Waals surface area contributed by atoms with Gasteiger partial charge in [0.25, 0.3) is 0 Å². The van der Waals surface area contributed by atoms with Crippen molar-refractivity contribution in [2.45, 2.75) is 77.9 Å². The summed E-state index contributed by atoms with van der Waals surface area (Å²) < 4.78 is 46.6. The maximum atomic E-state index is 15.3. The van der Waals surface area contributed by atoms with E-state index >= 15 is 8.78 Å². The predicted molar refractivity (Wildman–Crippen MR) is 175 cm³/mol. The van der Waals surface area contributed by atoms with E-state index in [2.05, 4.69) is 10.6 Å². The minimum absolute atomic E-state index is 0.0534. The molecule has 10 nitrogen and oxygen atoms in total. The summed E-state index contributed by atoms with van der Waals surface area (Å²) in [7, 11) is 0. The lowest BCUT2D eigenvalue weighted by Gasteiger charge is -2.27. The number of amides is 3. The molecule has 0 saturated carbocycles. The first kappa shape index (κ1) is 37.5. The second-order valence-corrected chi connectivity index (χ2v) is 12.5. The lowest BCUT2D eigenvalue weighted by atomic mass is 9.96. The number of ether oxygens (including phenoxy) is 3. The largest absolute Gasteiger partial charge is 0.489 e. The zero-order valence-electron chi connectivity index (χ0n) is 27.8. The third-order valence-corrected chi connectivity index (χ3v) is 6.89. The molecule has 3 amide bonds. The topological polar surface area (TPSA) is 132 Å². The van der Waals surface area contributed by atoms with Crippen LogP contribution in [0.3, 0.4) is 0 Å². The van der Waals surface area contributed by atoms with Crippen molar-refractivity contribution in [2.75, 3.05) is 6.54 Å². The Labute approximate surface area is 279 Å². The molecule has 258 valence electrons. The van der Waals surface area contributed by atoms with Gasteiger partial charge in [0, 0.05) is 0 Å². The van der Waals surface area contributed by atoms with E-state index in [0.717, 1.165) is 11.1 Å². The number of hydrogen-bond donors (Lipinski definition) is 3. The molecule has 0 spiro atoms. The van der Waals surface area contributed by atoms with Gasteiger partial charge in [-0.3, -0.25) is 9.59 Å². The van der Waals surface area contributed by atoms with E-state index in [1.165, 1.54) is 0 Å². The van der Waals surface area contributed by atoms with Crippen LogP contribution in [0.15, 0.2) is 84.9 Å². The Hall–Kier alpha value is -5.00. The van der Waals surface area contributed by atoms with Gasteiger partial charge in [-0.15, -0.1) is 0 Å². The molecular formula is C36H43F2N3O7. The Morgan fingerprint density at radius 2 is 1.29 bits per heavy atom. The van der Waals surface area contributed by atoms with Gasteiger partial charge in [-0.2, -0.15) is 8.78 Å². The number of halogens is 2. The normalized spacial score (nSPS) is 12.8. The summed E-state index contributed by atoms with van der Waals surface area (Å²) in [5, 5.41) is 6.80. The number of hydrogen-bond acceptors (Lipinski definition) is 7. The molecule has 0 saturated heterocycles. The number of alkyl carbamates (subject to hydrolysis) is 2. The number of carbonyl (C=O) groups is 4. The lowest BCUT2D eigenvalue weighted by molar-refractivity contribution is -0.146. The highest BCUT2D eigenvalue weighted by atomic mass is 19.3. The van der Waals surface area contributed by atoms with E-state index in [9.17, 15) is 19.2 Å². The van der Waals surface area contributed by atoms with Crippen LogP contribution in [0, 0.1) is 5.92 Å². The van der Waals surface area contributed by atoms with Gasteiger partial charge in [-0.05, 0) is 61.9 Å². The summed E-state index contributed by atoms with van der Waals surface area (Å²) in [4.78, 5) is 51.4. The lowest BCUT2D eigenvalue weighted by Crippen LogP contribution is -2.58. The molecule has 0 aliphatic carbocycles. The SMILES string of the molecule is CC(C)[C@H](NC(=O)OCc1ccccc1)C(=O)NC(Cc1ccc(OCc2ccccc2)cc1)C(=O)C(F)(F)CNC(=O)OC(C)(C)C. The molecule has 3 aromatic rings. The summed E-state index contributed by atoms with van der Waals surface area (Å²) in [5.41, 5.74) is 1.18. The van der Waals surface area contributed by atoms with Gasteiger partial charge in [0.1, 0.15) is 30.6 Å². The molecule has 0 bridgehead atoms. The number of benzene rings is 3. The molecule has 3 N–H and O–H groups in total. The van der Waals surface area contributed by atoms with Crippen LogP contribution in [-0.2, 0) is 38.7 Å². The standard InChI is InChI=1S/C36H43F2N3O7/c1-24(2)30(41-34(45)47-22-27-14-10-7-11-15-27)32(43)40-29(31(42)36(37,38)23-39-33(44)48-35(3,4)5)20-25-16-18-28(19-17-25)46-21-26-12-8-6-9-13-26/h6-19,24,29-30H,20-23H2,1-5H3,(H,39,44)(H,40,43)(H,41,45)/t29?,30-/m0/s1. The number of nitrogens with one attached hydrogen (secondary N) is 3. The maximum Gasteiger partial charge on any atom is 0.408 e. The van der Waals surface area contributed by atoms with E-state index < -0.39 is 59.9 Å². The molecule has 1 unspecified atom stereocenters. The fraction of sp³-hybridized carbons (Fsp3) is 0.389. The molecule has 12 heteroatoms. The molecule has 2 atom stereocenters. The van der Waals surface area contributed by atoms with Gasteiger partial charge in [0.05, 0.1) is 12.6 Å². The van der Waals surface area contributed by atoms with Crippen LogP contribution in [-0.4, -0.2) is 54.0 Å². The molecule has 0 heterocycles. The van der Waals surface area contributed by atoms with Crippen LogP contribution < -0.4 is 20.7 Å². The summed E-state index contributed by atoms with van der Waals surface area (Å²) in [6.07, 6.45) is -2.33. The molecule has 0 aromatic heterocycles. The highest BCUT2D eigenvalue weighted by molar-refractivity contribution is 5.96. The molecule has 48 heavy (non-hydrogen) atoms. The highest BCUT2D eigenvalue weighted by Gasteiger charge is 2.44. The zero-order chi connectivity index (χ0) is 35.3. The van der Waals surface area contributed by atoms with Gasteiger partial charge >= 0.3 is 18.1 Å². The first-order chi connectivity index (χ1) is 22.6. The van der Waals surface area contributed by atoms with Crippen molar-refractivity contribution < 1.29 is 42.2 Å². The van der Waals surface area contributed by atoms with E-state index in [-0.39, 0.29) is 13.0 Å². The fourth-order valence-electron chi connectivity index (χ4n) is 4.44. The van der Waals surface area contributed by atoms with Crippen LogP contribution in [0.5, 0.6) is 5.75 Å². The molecule has 0 radical (unpaired) electrons. The molecule has 0 aliphatic heterocycles. The Kier molecular flexibility index (Phi) is 13.5. The number of alkyl halides is 2. The number of rotatable bonds is 15. The fourth-order valence-corrected chi connectivity index (χ4v) is 4.44. The summed E-state index contributed by atoms with van der Waals surface area (Å²) in [6, 6.07) is 21.9. The minimum atomic E-state index is -4.08. The maximum absolute atomic E-state index is 15.3. The van der Waals surface area contributed by atoms with Gasteiger partial charge in [-0.25, -0.2) is 9.59 Å². The van der Waals surface area contributed by atoms with Crippen LogP contribution >= 0.6 is 0 Å². The first-order valence-corrected chi connectivity index (χ1v) is 15.5. The van der Waals surface area contributed by atoms with Gasteiger partial charge in [0.2, 0.25) is 11.7 Å². The van der Waals surface area contributed by atoms with E-state index in [0.29, 0.717) is 17.9 Å². The van der Waals surface area contributed by atoms with Crippen molar-refractivity contribution in [3.63, 3.8) is 0 Å². The predicted octanol–water partition coefficient (Wildman–Crippen LogP) is 5.97. The molecule has 0 aliphatic rings. The average molecular weight is 668 g/mol. The Bertz CT molecular complexity index is 1500. The minimum Gasteiger partial charge on any atom is -0.489 e. The van der Waals surface area contributed by atoms with Crippen LogP contribution in [0.2, 0.25) is 0 Å². The monoisotopic (exact) mass is 667 g/mol. The van der Waals surface area contributed by atoms with Gasteiger partial charge < -0.3 is 30.2 Å². The molecular weight excluding hydrogens is 624 g/mol. The highest BCUT2D eigenvalue weighted by Crippen LogP contribution is 2.21. The van der Waals surface area contributed by atoms with Crippen molar-refractivity contribution in [3.05, 3.63) is 102 Å². The van der Waals surface area contributed by atoms with E-state index in [1.54, 1.807) is 83.1 Å². The molecule has 3 aromatic carbocycles. The third-order valence-electron chi connectivity index (χ3n) is 6.89. The van der Waals surface area contributed by atoms with Crippen molar-refractivity contribution >= 4 is 23.9 Å². The second kappa shape index (κ2) is 17.2. The number of carbonyl (C=O) groups excluding carboxylic acids is 4. The zero-order valence-corrected chi connectivity index (χ0v) is 27.8. The average Bonchev–Trinajstić information content (AvgIpc) is 3.04. The van der Waals surface area contributed by atoms with Crippen molar-refractivity contribution in [2.24, 2.45) is 5.92 Å². The molecule has 3 rings (SSSR count). The summed E-state index contributed by atoms with van der Waals surface area (Å²) in [6.45, 7) is 6.89. The third kappa shape index (κ3) is 12.7. The second-order valence-electron chi connectivity index (χ2n) is 12.5. The van der Waals surface area contributed by atoms with E-state index in [4.69, 9.17) is 14.2 Å². The van der Waals surface area contributed by atoms with Gasteiger partial charge in [0.15, 0.2) is 0 Å². The van der Waals surface area contributed by atoms with E-state index in [1.807, 2.05) is 41.7 Å². The number of ketones is 1. The van der Waals surface area contributed by atoms with Crippen LogP contribution in [0.4, 0.5) is 18.4 Å². The van der Waals surface area contributed by atoms with Gasteiger partial charge in [-0.1, -0.05) is 86.6 Å². The Morgan fingerprint density at radius 3 is 1.83 bits per heavy atom. The first-order valence-electron chi connectivity index (χ1n) is 15.5. The quantitative estimate of drug-likeness (QED) is 0.182. The smallest absolute Gasteiger partial charge is 0.408 e. The van der Waals surface area contributed by atoms with Crippen LogP contribution in [0.25, 0.3) is 0 Å². The van der Waals surface area contributed by atoms with Crippen molar-refractivity contribution in [3.8, 4) is 5.75 Å². The molecule has 0 fully saturated rings. The Morgan fingerprint density at radius 1 is 0.729 bits per heavy atom. The summed E-state index contributed by atoms with van der Waals surface area (Å²) >= 11 is 0. The van der Waals surface area contributed by atoms with Crippen LogP contribution in [0.1, 0.15) is 51.3 Å².